The summed E-state index contributed by atoms with van der Waals surface area (Å²) in [5, 5.41) is 10.7. The molecule has 21 heavy (non-hydrogen) atoms. The van der Waals surface area contributed by atoms with Crippen LogP contribution in [0.25, 0.3) is 6.08 Å². The van der Waals surface area contributed by atoms with Crippen LogP contribution < -0.4 is 0 Å². The molecule has 114 valence electrons. The molecule has 1 aromatic rings. The molecule has 0 aliphatic rings. The Morgan fingerprint density at radius 1 is 1.43 bits per heavy atom. The maximum Gasteiger partial charge on any atom is 0.416 e. The Balaban J connectivity index is 3.28. The van der Waals surface area contributed by atoms with Crippen LogP contribution in [-0.4, -0.2) is 17.5 Å². The predicted octanol–water partition coefficient (Wildman–Crippen LogP) is 3.49. The highest BCUT2D eigenvalue weighted by molar-refractivity contribution is 5.91. The molecule has 0 aromatic heterocycles. The third-order valence-corrected chi connectivity index (χ3v) is 2.31. The summed E-state index contributed by atoms with van der Waals surface area (Å²) >= 11 is 0. The van der Waals surface area contributed by atoms with E-state index in [1.807, 2.05) is 0 Å². The molecule has 0 amide bonds. The minimum absolute atomic E-state index is 0.116. The first-order valence-corrected chi connectivity index (χ1v) is 5.56. The second-order valence-corrected chi connectivity index (χ2v) is 3.74. The molecule has 0 saturated heterocycles. The summed E-state index contributed by atoms with van der Waals surface area (Å²) in [5.41, 5.74) is -2.69. The van der Waals surface area contributed by atoms with Crippen LogP contribution in [0.3, 0.4) is 0 Å². The predicted molar refractivity (Wildman–Crippen MR) is 63.8 cm³/mol. The highest BCUT2D eigenvalue weighted by Gasteiger charge is 2.32. The molecule has 0 heterocycles. The number of hydrogen-bond acceptors (Lipinski definition) is 4. The highest BCUT2D eigenvalue weighted by atomic mass is 19.4. The molecule has 0 radical (unpaired) electrons. The summed E-state index contributed by atoms with van der Waals surface area (Å²) in [4.78, 5) is 20.7. The second-order valence-electron chi connectivity index (χ2n) is 3.74. The summed E-state index contributed by atoms with van der Waals surface area (Å²) in [6, 6.07) is 1.53. The monoisotopic (exact) mass is 307 g/mol. The van der Waals surface area contributed by atoms with Crippen molar-refractivity contribution in [2.45, 2.75) is 13.1 Å². The number of halogens is 4. The zero-order valence-electron chi connectivity index (χ0n) is 10.6. The fourth-order valence-corrected chi connectivity index (χ4v) is 1.40. The minimum Gasteiger partial charge on any atom is -0.461 e. The molecule has 9 heteroatoms. The van der Waals surface area contributed by atoms with Crippen LogP contribution >= 0.6 is 0 Å². The third kappa shape index (κ3) is 4.26. The van der Waals surface area contributed by atoms with Gasteiger partial charge in [-0.1, -0.05) is 0 Å². The highest BCUT2D eigenvalue weighted by Crippen LogP contribution is 2.33. The lowest BCUT2D eigenvalue weighted by Gasteiger charge is -2.07. The van der Waals surface area contributed by atoms with Gasteiger partial charge in [0.25, 0.3) is 5.69 Å². The number of nitro benzene ring substituents is 1. The van der Waals surface area contributed by atoms with Crippen molar-refractivity contribution in [3.05, 3.63) is 45.3 Å². The molecule has 1 aromatic carbocycles. The number of carbonyl (C=O) groups excluding carboxylic acids is 1. The van der Waals surface area contributed by atoms with Crippen molar-refractivity contribution in [3.8, 4) is 0 Å². The van der Waals surface area contributed by atoms with Crippen molar-refractivity contribution >= 4 is 17.7 Å². The molecule has 0 spiro atoms. The summed E-state index contributed by atoms with van der Waals surface area (Å²) in [6.07, 6.45) is -4.32. The van der Waals surface area contributed by atoms with Crippen molar-refractivity contribution in [3.63, 3.8) is 0 Å². The van der Waals surface area contributed by atoms with E-state index in [1.54, 1.807) is 0 Å². The standard InChI is InChI=1S/C12H9F4NO4/c1-2-21-11(18)9(13)5-7-3-4-8(12(14,15)16)6-10(7)17(19)20/h3-6H,2H2,1H3/b9-5-. The maximum absolute atomic E-state index is 13.4. The van der Waals surface area contributed by atoms with Crippen LogP contribution in [0.2, 0.25) is 0 Å². The molecule has 0 saturated carbocycles. The average molecular weight is 307 g/mol. The smallest absolute Gasteiger partial charge is 0.416 e. The van der Waals surface area contributed by atoms with E-state index < -0.39 is 39.7 Å². The summed E-state index contributed by atoms with van der Waals surface area (Å²) < 4.78 is 55.1. The fourth-order valence-electron chi connectivity index (χ4n) is 1.40. The van der Waals surface area contributed by atoms with Crippen LogP contribution in [0.4, 0.5) is 23.2 Å². The number of rotatable bonds is 4. The Kier molecular flexibility index (Phi) is 5.01. The molecule has 0 fully saturated rings. The quantitative estimate of drug-likeness (QED) is 0.281. The Hall–Kier alpha value is -2.45. The average Bonchev–Trinajstić information content (AvgIpc) is 2.37. The third-order valence-electron chi connectivity index (χ3n) is 2.31. The van der Waals surface area contributed by atoms with Crippen LogP contribution in [0.15, 0.2) is 24.0 Å². The van der Waals surface area contributed by atoms with Crippen molar-refractivity contribution in [1.82, 2.24) is 0 Å². The van der Waals surface area contributed by atoms with E-state index in [1.165, 1.54) is 6.92 Å². The van der Waals surface area contributed by atoms with Gasteiger partial charge in [0, 0.05) is 6.07 Å². The molecule has 0 bridgehead atoms. The number of carbonyl (C=O) groups is 1. The molecular formula is C12H9F4NO4. The van der Waals surface area contributed by atoms with E-state index in [0.717, 1.165) is 0 Å². The van der Waals surface area contributed by atoms with Crippen molar-refractivity contribution < 1.29 is 32.0 Å². The van der Waals surface area contributed by atoms with Gasteiger partial charge in [-0.15, -0.1) is 0 Å². The Labute approximate surface area is 116 Å². The molecule has 0 aliphatic carbocycles. The topological polar surface area (TPSA) is 69.4 Å². The number of nitrogens with zero attached hydrogens (tertiary/aromatic N) is 1. The summed E-state index contributed by atoms with van der Waals surface area (Å²) in [6.45, 7) is 1.31. The van der Waals surface area contributed by atoms with E-state index in [0.29, 0.717) is 18.2 Å². The number of hydrogen-bond donors (Lipinski definition) is 0. The molecule has 0 atom stereocenters. The van der Waals surface area contributed by atoms with Gasteiger partial charge in [0.05, 0.1) is 22.7 Å². The van der Waals surface area contributed by atoms with Gasteiger partial charge in [-0.3, -0.25) is 10.1 Å². The maximum atomic E-state index is 13.4. The van der Waals surface area contributed by atoms with Gasteiger partial charge in [0.1, 0.15) is 0 Å². The first kappa shape index (κ1) is 16.6. The number of esters is 1. The normalized spacial score (nSPS) is 12.1. The second kappa shape index (κ2) is 6.33. The van der Waals surface area contributed by atoms with Crippen LogP contribution in [-0.2, 0) is 15.7 Å². The van der Waals surface area contributed by atoms with Gasteiger partial charge in [-0.2, -0.15) is 17.6 Å². The largest absolute Gasteiger partial charge is 0.461 e. The first-order valence-electron chi connectivity index (χ1n) is 5.56. The summed E-state index contributed by atoms with van der Waals surface area (Å²) in [7, 11) is 0. The van der Waals surface area contributed by atoms with Crippen molar-refractivity contribution in [2.75, 3.05) is 6.61 Å². The Morgan fingerprint density at radius 2 is 2.05 bits per heavy atom. The van der Waals surface area contributed by atoms with Gasteiger partial charge >= 0.3 is 12.1 Å². The molecule has 5 nitrogen and oxygen atoms in total. The summed E-state index contributed by atoms with van der Waals surface area (Å²) in [5.74, 6) is -2.80. The molecule has 0 N–H and O–H groups in total. The molecular weight excluding hydrogens is 298 g/mol. The number of ether oxygens (including phenoxy) is 1. The number of alkyl halides is 3. The zero-order valence-corrected chi connectivity index (χ0v) is 10.6. The van der Waals surface area contributed by atoms with Crippen molar-refractivity contribution in [2.24, 2.45) is 0 Å². The molecule has 0 unspecified atom stereocenters. The van der Waals surface area contributed by atoms with Crippen LogP contribution in [0.1, 0.15) is 18.1 Å². The van der Waals surface area contributed by atoms with E-state index >= 15 is 0 Å². The van der Waals surface area contributed by atoms with Crippen LogP contribution in [0.5, 0.6) is 0 Å². The van der Waals surface area contributed by atoms with Gasteiger partial charge in [0.2, 0.25) is 5.83 Å². The van der Waals surface area contributed by atoms with E-state index in [2.05, 4.69) is 4.74 Å². The minimum atomic E-state index is -4.77. The molecule has 1 rings (SSSR count). The van der Waals surface area contributed by atoms with Gasteiger partial charge in [0.15, 0.2) is 0 Å². The lowest BCUT2D eigenvalue weighted by atomic mass is 10.1. The number of benzene rings is 1. The van der Waals surface area contributed by atoms with E-state index in [9.17, 15) is 32.5 Å². The first-order chi connectivity index (χ1) is 9.66. The SMILES string of the molecule is CCOC(=O)/C(F)=C/c1ccc(C(F)(F)F)cc1[N+](=O)[O-]. The molecule has 0 aliphatic heterocycles. The zero-order chi connectivity index (χ0) is 16.2. The number of nitro groups is 1. The van der Waals surface area contributed by atoms with Crippen LogP contribution in [0, 0.1) is 10.1 Å². The Bertz CT molecular complexity index is 595. The fraction of sp³-hybridized carbons (Fsp3) is 0.250. The van der Waals surface area contributed by atoms with E-state index in [4.69, 9.17) is 0 Å². The lowest BCUT2D eigenvalue weighted by Crippen LogP contribution is -2.07. The Morgan fingerprint density at radius 3 is 2.52 bits per heavy atom. The van der Waals surface area contributed by atoms with Crippen molar-refractivity contribution in [1.29, 1.82) is 0 Å². The van der Waals surface area contributed by atoms with E-state index in [-0.39, 0.29) is 12.7 Å². The van der Waals surface area contributed by atoms with Gasteiger partial charge < -0.3 is 4.74 Å². The van der Waals surface area contributed by atoms with Gasteiger partial charge in [-0.05, 0) is 25.1 Å². The lowest BCUT2D eigenvalue weighted by molar-refractivity contribution is -0.385. The van der Waals surface area contributed by atoms with Gasteiger partial charge in [-0.25, -0.2) is 4.79 Å².